The van der Waals surface area contributed by atoms with E-state index in [1.54, 1.807) is 0 Å². The second-order valence-corrected chi connectivity index (χ2v) is 6.02. The van der Waals surface area contributed by atoms with Crippen molar-refractivity contribution in [2.24, 2.45) is 0 Å². The average Bonchev–Trinajstić information content (AvgIpc) is 2.68. The minimum absolute atomic E-state index is 0.786. The first kappa shape index (κ1) is 16.8. The molecular formula is C24H23N. The Morgan fingerprint density at radius 1 is 0.800 bits per heavy atom. The zero-order valence-corrected chi connectivity index (χ0v) is 14.4. The Balaban J connectivity index is 1.97. The summed E-state index contributed by atoms with van der Waals surface area (Å²) in [5.41, 5.74) is 5.81. The van der Waals surface area contributed by atoms with E-state index in [2.05, 4.69) is 90.9 Å². The second kappa shape index (κ2) is 8.16. The summed E-state index contributed by atoms with van der Waals surface area (Å²) in [4.78, 5) is 2.34. The third kappa shape index (κ3) is 4.07. The van der Waals surface area contributed by atoms with E-state index in [1.807, 2.05) is 18.2 Å². The first-order chi connectivity index (χ1) is 12.3. The van der Waals surface area contributed by atoms with Gasteiger partial charge >= 0.3 is 0 Å². The fourth-order valence-electron chi connectivity index (χ4n) is 3.01. The number of anilines is 1. The van der Waals surface area contributed by atoms with Crippen LogP contribution >= 0.6 is 0 Å². The molecule has 0 amide bonds. The van der Waals surface area contributed by atoms with Gasteiger partial charge in [0.05, 0.1) is 0 Å². The van der Waals surface area contributed by atoms with E-state index in [0.29, 0.717) is 0 Å². The Hall–Kier alpha value is -3.06. The monoisotopic (exact) mass is 325 g/mol. The fraction of sp³-hybridized carbons (Fsp3) is 0.0833. The van der Waals surface area contributed by atoms with Gasteiger partial charge in [-0.2, -0.15) is 0 Å². The molecule has 0 saturated heterocycles. The van der Waals surface area contributed by atoms with E-state index in [1.165, 1.54) is 11.3 Å². The molecular weight excluding hydrogens is 302 g/mol. The molecule has 0 heterocycles. The molecule has 0 N–H and O–H groups in total. The van der Waals surface area contributed by atoms with Crippen LogP contribution in [0.3, 0.4) is 0 Å². The maximum absolute atomic E-state index is 4.35. The standard InChI is InChI=1S/C24H23N/c1-3-18-25(19-21-12-6-4-7-13-21)24-17-11-10-16-23(24)20(2)22-14-8-5-9-15-22/h3-17H,1-2,18-19H2. The lowest BCUT2D eigenvalue weighted by Gasteiger charge is -2.27. The van der Waals surface area contributed by atoms with Gasteiger partial charge in [0.2, 0.25) is 0 Å². The molecule has 0 aliphatic rings. The molecule has 0 radical (unpaired) electrons. The summed E-state index contributed by atoms with van der Waals surface area (Å²) < 4.78 is 0. The Bertz CT molecular complexity index is 834. The van der Waals surface area contributed by atoms with Crippen LogP contribution in [0.15, 0.2) is 104 Å². The number of para-hydroxylation sites is 1. The number of hydrogen-bond donors (Lipinski definition) is 0. The van der Waals surface area contributed by atoms with Crippen LogP contribution in [0.5, 0.6) is 0 Å². The van der Waals surface area contributed by atoms with Crippen molar-refractivity contribution in [3.63, 3.8) is 0 Å². The summed E-state index contributed by atoms with van der Waals surface area (Å²) in [5, 5.41) is 0. The molecule has 0 aliphatic carbocycles. The van der Waals surface area contributed by atoms with Crippen molar-refractivity contribution < 1.29 is 0 Å². The molecule has 0 atom stereocenters. The smallest absolute Gasteiger partial charge is 0.0451 e. The summed E-state index contributed by atoms with van der Waals surface area (Å²) in [5.74, 6) is 0. The van der Waals surface area contributed by atoms with E-state index in [-0.39, 0.29) is 0 Å². The molecule has 0 saturated carbocycles. The lowest BCUT2D eigenvalue weighted by molar-refractivity contribution is 0.866. The average molecular weight is 325 g/mol. The van der Waals surface area contributed by atoms with Crippen LogP contribution in [0.1, 0.15) is 16.7 Å². The van der Waals surface area contributed by atoms with Crippen molar-refractivity contribution in [1.82, 2.24) is 0 Å². The molecule has 3 aromatic rings. The Kier molecular flexibility index (Phi) is 5.48. The predicted molar refractivity (Wildman–Crippen MR) is 109 cm³/mol. The summed E-state index contributed by atoms with van der Waals surface area (Å²) in [6.07, 6.45) is 1.95. The summed E-state index contributed by atoms with van der Waals surface area (Å²) >= 11 is 0. The normalized spacial score (nSPS) is 10.2. The third-order valence-corrected chi connectivity index (χ3v) is 4.26. The number of hydrogen-bond acceptors (Lipinski definition) is 1. The van der Waals surface area contributed by atoms with Gasteiger partial charge < -0.3 is 4.90 Å². The first-order valence-electron chi connectivity index (χ1n) is 8.53. The summed E-state index contributed by atoms with van der Waals surface area (Å²) in [7, 11) is 0. The predicted octanol–water partition coefficient (Wildman–Crippen LogP) is 5.94. The summed E-state index contributed by atoms with van der Waals surface area (Å²) in [6, 6.07) is 29.3. The lowest BCUT2D eigenvalue weighted by atomic mass is 9.97. The lowest BCUT2D eigenvalue weighted by Crippen LogP contribution is -2.23. The van der Waals surface area contributed by atoms with Gasteiger partial charge in [-0.3, -0.25) is 0 Å². The maximum atomic E-state index is 4.35. The summed E-state index contributed by atoms with van der Waals surface area (Å²) in [6.45, 7) is 9.91. The van der Waals surface area contributed by atoms with Crippen molar-refractivity contribution >= 4 is 11.3 Å². The molecule has 0 aromatic heterocycles. The molecule has 0 unspecified atom stereocenters. The van der Waals surface area contributed by atoms with Gasteiger partial charge in [0.15, 0.2) is 0 Å². The van der Waals surface area contributed by atoms with E-state index in [9.17, 15) is 0 Å². The minimum Gasteiger partial charge on any atom is -0.363 e. The van der Waals surface area contributed by atoms with Crippen LogP contribution in [-0.2, 0) is 6.54 Å². The highest BCUT2D eigenvalue weighted by Crippen LogP contribution is 2.31. The molecule has 1 heteroatoms. The van der Waals surface area contributed by atoms with Crippen molar-refractivity contribution in [2.45, 2.75) is 6.54 Å². The van der Waals surface area contributed by atoms with E-state index in [0.717, 1.165) is 29.8 Å². The quantitative estimate of drug-likeness (QED) is 0.486. The van der Waals surface area contributed by atoms with Gasteiger partial charge in [-0.1, -0.05) is 91.5 Å². The number of rotatable bonds is 7. The molecule has 0 fully saturated rings. The minimum atomic E-state index is 0.786. The van der Waals surface area contributed by atoms with Crippen LogP contribution in [0, 0.1) is 0 Å². The largest absolute Gasteiger partial charge is 0.363 e. The van der Waals surface area contributed by atoms with E-state index >= 15 is 0 Å². The molecule has 124 valence electrons. The maximum Gasteiger partial charge on any atom is 0.0451 e. The van der Waals surface area contributed by atoms with Gasteiger partial charge in [-0.15, -0.1) is 6.58 Å². The van der Waals surface area contributed by atoms with Gasteiger partial charge in [0.25, 0.3) is 0 Å². The highest BCUT2D eigenvalue weighted by molar-refractivity contribution is 5.85. The van der Waals surface area contributed by atoms with Gasteiger partial charge in [-0.25, -0.2) is 0 Å². The third-order valence-electron chi connectivity index (χ3n) is 4.26. The highest BCUT2D eigenvalue weighted by Gasteiger charge is 2.13. The highest BCUT2D eigenvalue weighted by atomic mass is 15.1. The van der Waals surface area contributed by atoms with Crippen LogP contribution < -0.4 is 4.90 Å². The number of nitrogens with zero attached hydrogens (tertiary/aromatic N) is 1. The van der Waals surface area contributed by atoms with Gasteiger partial charge in [0, 0.05) is 24.3 Å². The van der Waals surface area contributed by atoms with Crippen LogP contribution in [0.4, 0.5) is 5.69 Å². The second-order valence-electron chi connectivity index (χ2n) is 6.02. The molecule has 0 bridgehead atoms. The van der Waals surface area contributed by atoms with Crippen LogP contribution in [0.25, 0.3) is 5.57 Å². The SMILES string of the molecule is C=CCN(Cc1ccccc1)c1ccccc1C(=C)c1ccccc1. The Morgan fingerprint density at radius 2 is 1.40 bits per heavy atom. The topological polar surface area (TPSA) is 3.24 Å². The van der Waals surface area contributed by atoms with Crippen molar-refractivity contribution in [1.29, 1.82) is 0 Å². The first-order valence-corrected chi connectivity index (χ1v) is 8.53. The van der Waals surface area contributed by atoms with E-state index in [4.69, 9.17) is 0 Å². The van der Waals surface area contributed by atoms with Crippen LogP contribution in [-0.4, -0.2) is 6.54 Å². The molecule has 0 spiro atoms. The number of benzene rings is 3. The van der Waals surface area contributed by atoms with Crippen LogP contribution in [0.2, 0.25) is 0 Å². The van der Waals surface area contributed by atoms with Gasteiger partial charge in [-0.05, 0) is 22.8 Å². The van der Waals surface area contributed by atoms with Crippen molar-refractivity contribution in [3.8, 4) is 0 Å². The van der Waals surface area contributed by atoms with Gasteiger partial charge in [0.1, 0.15) is 0 Å². The van der Waals surface area contributed by atoms with Crippen molar-refractivity contribution in [3.05, 3.63) is 121 Å². The molecule has 0 aliphatic heterocycles. The molecule has 1 nitrogen and oxygen atoms in total. The Labute approximate surface area is 150 Å². The van der Waals surface area contributed by atoms with Crippen molar-refractivity contribution in [2.75, 3.05) is 11.4 Å². The zero-order chi connectivity index (χ0) is 17.5. The molecule has 3 rings (SSSR count). The molecule has 3 aromatic carbocycles. The fourth-order valence-corrected chi connectivity index (χ4v) is 3.01. The van der Waals surface area contributed by atoms with E-state index < -0.39 is 0 Å². The Morgan fingerprint density at radius 3 is 2.08 bits per heavy atom. The zero-order valence-electron chi connectivity index (χ0n) is 14.4. The molecule has 25 heavy (non-hydrogen) atoms.